The van der Waals surface area contributed by atoms with Gasteiger partial charge in [-0.25, -0.2) is 14.4 Å². The topological polar surface area (TPSA) is 85.8 Å². The average Bonchev–Trinajstić information content (AvgIpc) is 2.78. The minimum absolute atomic E-state index is 0.300. The van der Waals surface area contributed by atoms with Crippen molar-refractivity contribution in [1.82, 2.24) is 25.5 Å². The number of nitrogens with one attached hydrogen (secondary N) is 2. The van der Waals surface area contributed by atoms with Crippen molar-refractivity contribution in [3.05, 3.63) is 53.6 Å². The van der Waals surface area contributed by atoms with Crippen molar-refractivity contribution in [3.63, 3.8) is 0 Å². The van der Waals surface area contributed by atoms with Crippen LogP contribution >= 0.6 is 0 Å². The van der Waals surface area contributed by atoms with Crippen LogP contribution in [0, 0.1) is 12.7 Å². The van der Waals surface area contributed by atoms with Gasteiger partial charge in [0.05, 0.1) is 6.54 Å². The summed E-state index contributed by atoms with van der Waals surface area (Å²) in [5.41, 5.74) is 0.832. The molecule has 1 aliphatic heterocycles. The lowest BCUT2D eigenvalue weighted by Crippen LogP contribution is -2.53. The van der Waals surface area contributed by atoms with Gasteiger partial charge in [-0.05, 0) is 37.6 Å². The summed E-state index contributed by atoms with van der Waals surface area (Å²) in [6.45, 7) is 8.49. The molecule has 0 spiro atoms. The fraction of sp³-hybridized carbons (Fsp3) is 0.429. The molecule has 1 aliphatic rings. The van der Waals surface area contributed by atoms with Crippen LogP contribution in [0.15, 0.2) is 41.7 Å². The lowest BCUT2D eigenvalue weighted by molar-refractivity contribution is 0.0954. The number of carbonyl (C=O) groups excluding carboxylic acids is 1. The van der Waals surface area contributed by atoms with Crippen LogP contribution in [-0.4, -0.2) is 72.5 Å². The molecule has 1 amide bonds. The number of nitrogens with zero attached hydrogens (tertiary/aromatic N) is 5. The quantitative estimate of drug-likeness (QED) is 0.424. The van der Waals surface area contributed by atoms with E-state index < -0.39 is 0 Å². The molecule has 0 atom stereocenters. The molecule has 0 unspecified atom stereocenters. The number of carbonyl (C=O) groups is 1. The van der Waals surface area contributed by atoms with Gasteiger partial charge >= 0.3 is 0 Å². The van der Waals surface area contributed by atoms with Gasteiger partial charge in [-0.1, -0.05) is 6.07 Å². The average molecular weight is 414 g/mol. The van der Waals surface area contributed by atoms with Gasteiger partial charge in [-0.3, -0.25) is 9.79 Å². The smallest absolute Gasteiger partial charge is 0.251 e. The molecule has 0 saturated carbocycles. The molecular weight excluding hydrogens is 385 g/mol. The van der Waals surface area contributed by atoms with E-state index in [9.17, 15) is 9.18 Å². The van der Waals surface area contributed by atoms with E-state index in [0.717, 1.165) is 44.6 Å². The van der Waals surface area contributed by atoms with Gasteiger partial charge in [-0.15, -0.1) is 0 Å². The summed E-state index contributed by atoms with van der Waals surface area (Å²) in [7, 11) is 0. The molecule has 1 aromatic carbocycles. The summed E-state index contributed by atoms with van der Waals surface area (Å²) in [6.07, 6.45) is 3.50. The zero-order valence-electron chi connectivity index (χ0n) is 17.4. The van der Waals surface area contributed by atoms with Crippen LogP contribution in [0.25, 0.3) is 0 Å². The molecule has 0 bridgehead atoms. The van der Waals surface area contributed by atoms with Gasteiger partial charge < -0.3 is 20.4 Å². The van der Waals surface area contributed by atoms with Gasteiger partial charge in [0.1, 0.15) is 5.82 Å². The molecule has 160 valence electrons. The van der Waals surface area contributed by atoms with Crippen LogP contribution in [0.5, 0.6) is 0 Å². The summed E-state index contributed by atoms with van der Waals surface area (Å²) in [5, 5.41) is 6.10. The predicted octanol–water partition coefficient (Wildman–Crippen LogP) is 1.44. The number of piperazine rings is 1. The van der Waals surface area contributed by atoms with Crippen molar-refractivity contribution < 1.29 is 9.18 Å². The normalized spacial score (nSPS) is 14.6. The van der Waals surface area contributed by atoms with Gasteiger partial charge in [0.2, 0.25) is 5.95 Å². The maximum absolute atomic E-state index is 13.6. The highest BCUT2D eigenvalue weighted by atomic mass is 19.1. The van der Waals surface area contributed by atoms with E-state index in [2.05, 4.69) is 35.4 Å². The van der Waals surface area contributed by atoms with Crippen molar-refractivity contribution in [3.8, 4) is 0 Å². The molecule has 3 rings (SSSR count). The molecule has 2 heterocycles. The van der Waals surface area contributed by atoms with Crippen molar-refractivity contribution in [2.45, 2.75) is 13.8 Å². The summed E-state index contributed by atoms with van der Waals surface area (Å²) in [6, 6.07) is 6.29. The maximum atomic E-state index is 13.6. The zero-order valence-corrected chi connectivity index (χ0v) is 17.4. The Labute approximate surface area is 176 Å². The summed E-state index contributed by atoms with van der Waals surface area (Å²) >= 11 is 0. The first-order chi connectivity index (χ1) is 14.6. The maximum Gasteiger partial charge on any atom is 0.251 e. The van der Waals surface area contributed by atoms with Crippen LogP contribution in [-0.2, 0) is 0 Å². The molecule has 0 radical (unpaired) electrons. The Morgan fingerprint density at radius 2 is 1.90 bits per heavy atom. The van der Waals surface area contributed by atoms with Crippen molar-refractivity contribution in [2.24, 2.45) is 4.99 Å². The number of aliphatic imine (C=N–C) groups is 1. The van der Waals surface area contributed by atoms with Crippen LogP contribution in [0.3, 0.4) is 0 Å². The predicted molar refractivity (Wildman–Crippen MR) is 115 cm³/mol. The molecular formula is C21H28FN7O. The Morgan fingerprint density at radius 3 is 2.57 bits per heavy atom. The van der Waals surface area contributed by atoms with E-state index in [4.69, 9.17) is 0 Å². The number of hydrogen-bond acceptors (Lipinski definition) is 5. The van der Waals surface area contributed by atoms with Crippen molar-refractivity contribution in [2.75, 3.05) is 50.7 Å². The van der Waals surface area contributed by atoms with Gasteiger partial charge in [0.25, 0.3) is 5.91 Å². The summed E-state index contributed by atoms with van der Waals surface area (Å²) < 4.78 is 13.6. The molecule has 9 heteroatoms. The van der Waals surface area contributed by atoms with E-state index >= 15 is 0 Å². The molecule has 2 N–H and O–H groups in total. The Bertz CT molecular complexity index is 867. The first-order valence-corrected chi connectivity index (χ1v) is 10.2. The van der Waals surface area contributed by atoms with E-state index in [0.29, 0.717) is 24.2 Å². The van der Waals surface area contributed by atoms with E-state index in [1.807, 2.05) is 13.0 Å². The van der Waals surface area contributed by atoms with E-state index in [-0.39, 0.29) is 11.7 Å². The minimum Gasteiger partial charge on any atom is -0.357 e. The second-order valence-electron chi connectivity index (χ2n) is 6.98. The number of aromatic nitrogens is 2. The van der Waals surface area contributed by atoms with E-state index in [1.165, 1.54) is 6.07 Å². The number of guanidine groups is 1. The molecule has 1 saturated heterocycles. The number of aryl methyl sites for hydroxylation is 1. The monoisotopic (exact) mass is 413 g/mol. The van der Waals surface area contributed by atoms with Gasteiger partial charge in [-0.2, -0.15) is 0 Å². The second-order valence-corrected chi connectivity index (χ2v) is 6.98. The Hall–Kier alpha value is -3.23. The minimum atomic E-state index is -0.379. The summed E-state index contributed by atoms with van der Waals surface area (Å²) in [4.78, 5) is 29.8. The standard InChI is InChI=1S/C21H28FN7O/c1-3-23-20(28-11-13-29(14-12-28)21-25-7-4-8-26-21)27-10-9-24-19(30)17-6-5-16(2)18(22)15-17/h4-8,15H,3,9-14H2,1-2H3,(H,23,27)(H,24,30). The van der Waals surface area contributed by atoms with Gasteiger partial charge in [0.15, 0.2) is 5.96 Å². The number of amides is 1. The van der Waals surface area contributed by atoms with E-state index in [1.54, 1.807) is 31.5 Å². The lowest BCUT2D eigenvalue weighted by atomic mass is 10.1. The fourth-order valence-electron chi connectivity index (χ4n) is 3.17. The lowest BCUT2D eigenvalue weighted by Gasteiger charge is -2.36. The molecule has 2 aromatic rings. The number of benzene rings is 1. The number of hydrogen-bond donors (Lipinski definition) is 2. The van der Waals surface area contributed by atoms with Gasteiger partial charge in [0, 0.05) is 57.2 Å². The third-order valence-corrected chi connectivity index (χ3v) is 4.84. The van der Waals surface area contributed by atoms with Crippen LogP contribution in [0.2, 0.25) is 0 Å². The largest absolute Gasteiger partial charge is 0.357 e. The first kappa shape index (κ1) is 21.5. The van der Waals surface area contributed by atoms with Crippen molar-refractivity contribution >= 4 is 17.8 Å². The van der Waals surface area contributed by atoms with Crippen LogP contribution < -0.4 is 15.5 Å². The molecule has 0 aliphatic carbocycles. The number of anilines is 1. The van der Waals surface area contributed by atoms with Crippen LogP contribution in [0.1, 0.15) is 22.8 Å². The van der Waals surface area contributed by atoms with Crippen molar-refractivity contribution in [1.29, 1.82) is 0 Å². The molecule has 1 aromatic heterocycles. The Kier molecular flexibility index (Phi) is 7.53. The van der Waals surface area contributed by atoms with Crippen LogP contribution in [0.4, 0.5) is 10.3 Å². The summed E-state index contributed by atoms with van der Waals surface area (Å²) in [5.74, 6) is 0.886. The third kappa shape index (κ3) is 5.65. The first-order valence-electron chi connectivity index (χ1n) is 10.2. The molecule has 1 fully saturated rings. The third-order valence-electron chi connectivity index (χ3n) is 4.84. The number of rotatable bonds is 6. The second kappa shape index (κ2) is 10.5. The SMILES string of the molecule is CCNC(=NCCNC(=O)c1ccc(C)c(F)c1)N1CCN(c2ncccn2)CC1. The highest BCUT2D eigenvalue weighted by Crippen LogP contribution is 2.10. The molecule has 30 heavy (non-hydrogen) atoms. The fourth-order valence-corrected chi connectivity index (χ4v) is 3.17. The zero-order chi connectivity index (χ0) is 21.3. The molecule has 8 nitrogen and oxygen atoms in total. The Balaban J connectivity index is 1.49. The number of halogens is 1. The Morgan fingerprint density at radius 1 is 1.17 bits per heavy atom. The highest BCUT2D eigenvalue weighted by molar-refractivity contribution is 5.94. The highest BCUT2D eigenvalue weighted by Gasteiger charge is 2.21.